The fourth-order valence-corrected chi connectivity index (χ4v) is 2.71. The summed E-state index contributed by atoms with van der Waals surface area (Å²) in [6.45, 7) is 0.997. The highest BCUT2D eigenvalue weighted by molar-refractivity contribution is 6.30. The third-order valence-electron chi connectivity index (χ3n) is 3.41. The number of halogens is 1. The minimum atomic E-state index is 0.0536. The summed E-state index contributed by atoms with van der Waals surface area (Å²) in [4.78, 5) is 14.3. The van der Waals surface area contributed by atoms with Gasteiger partial charge in [-0.25, -0.2) is 0 Å². The van der Waals surface area contributed by atoms with Crippen molar-refractivity contribution in [3.63, 3.8) is 0 Å². The lowest BCUT2D eigenvalue weighted by Crippen LogP contribution is -2.35. The third kappa shape index (κ3) is 3.03. The summed E-state index contributed by atoms with van der Waals surface area (Å²) in [6.07, 6.45) is 3.71. The molecule has 0 aliphatic carbocycles. The zero-order chi connectivity index (χ0) is 13.0. The number of benzene rings is 1. The lowest BCUT2D eigenvalue weighted by molar-refractivity contribution is 0.0724. The summed E-state index contributed by atoms with van der Waals surface area (Å²) in [5.41, 5.74) is 0.651. The number of nitrogens with zero attached hydrogens (tertiary/aromatic N) is 1. The van der Waals surface area contributed by atoms with Crippen LogP contribution in [0.1, 0.15) is 36.0 Å². The molecule has 1 aromatic carbocycles. The molecule has 98 valence electrons. The van der Waals surface area contributed by atoms with E-state index < -0.39 is 0 Å². The van der Waals surface area contributed by atoms with E-state index in [9.17, 15) is 4.79 Å². The van der Waals surface area contributed by atoms with Crippen molar-refractivity contribution in [3.05, 3.63) is 34.9 Å². The standard InChI is InChI=1S/C14H18ClNO2/c15-12-5-1-4-11(10-12)14(18)16-8-2-6-13(16)7-3-9-17/h1,4-5,10,13,17H,2-3,6-9H2. The number of carbonyl (C=O) groups excluding carboxylic acids is 1. The molecule has 0 bridgehead atoms. The van der Waals surface area contributed by atoms with Gasteiger partial charge in [0.15, 0.2) is 0 Å². The van der Waals surface area contributed by atoms with Crippen LogP contribution in [0.5, 0.6) is 0 Å². The van der Waals surface area contributed by atoms with Crippen molar-refractivity contribution in [2.24, 2.45) is 0 Å². The monoisotopic (exact) mass is 267 g/mol. The predicted octanol–water partition coefficient (Wildman–Crippen LogP) is 2.72. The second kappa shape index (κ2) is 6.21. The fraction of sp³-hybridized carbons (Fsp3) is 0.500. The van der Waals surface area contributed by atoms with Crippen molar-refractivity contribution in [1.82, 2.24) is 4.90 Å². The fourth-order valence-electron chi connectivity index (χ4n) is 2.52. The molecule has 1 heterocycles. The van der Waals surface area contributed by atoms with Crippen LogP contribution < -0.4 is 0 Å². The Bertz CT molecular complexity index is 422. The van der Waals surface area contributed by atoms with Crippen molar-refractivity contribution < 1.29 is 9.90 Å². The molecule has 1 N–H and O–H groups in total. The molecule has 4 heteroatoms. The van der Waals surface area contributed by atoms with E-state index >= 15 is 0 Å². The van der Waals surface area contributed by atoms with Crippen molar-refractivity contribution in [1.29, 1.82) is 0 Å². The lowest BCUT2D eigenvalue weighted by Gasteiger charge is -2.24. The third-order valence-corrected chi connectivity index (χ3v) is 3.64. The first-order valence-electron chi connectivity index (χ1n) is 6.40. The van der Waals surface area contributed by atoms with Crippen molar-refractivity contribution >= 4 is 17.5 Å². The van der Waals surface area contributed by atoms with Crippen LogP contribution >= 0.6 is 11.6 Å². The molecule has 0 spiro atoms. The summed E-state index contributed by atoms with van der Waals surface area (Å²) >= 11 is 5.91. The molecule has 1 fully saturated rings. The number of amides is 1. The second-order valence-corrected chi connectivity index (χ2v) is 5.11. The van der Waals surface area contributed by atoms with E-state index in [2.05, 4.69) is 0 Å². The van der Waals surface area contributed by atoms with Crippen LogP contribution in [-0.2, 0) is 0 Å². The Morgan fingerprint density at radius 3 is 3.06 bits per heavy atom. The van der Waals surface area contributed by atoms with E-state index in [4.69, 9.17) is 16.7 Å². The van der Waals surface area contributed by atoms with Gasteiger partial charge >= 0.3 is 0 Å². The van der Waals surface area contributed by atoms with Gasteiger partial charge < -0.3 is 10.0 Å². The number of aliphatic hydroxyl groups is 1. The first-order chi connectivity index (χ1) is 8.72. The van der Waals surface area contributed by atoms with Gasteiger partial charge in [-0.05, 0) is 43.9 Å². The summed E-state index contributed by atoms with van der Waals surface area (Å²) in [5, 5.41) is 9.47. The molecule has 2 rings (SSSR count). The Morgan fingerprint density at radius 2 is 2.33 bits per heavy atom. The first kappa shape index (κ1) is 13.4. The van der Waals surface area contributed by atoms with Gasteiger partial charge in [-0.15, -0.1) is 0 Å². The summed E-state index contributed by atoms with van der Waals surface area (Å²) in [5.74, 6) is 0.0536. The van der Waals surface area contributed by atoms with Crippen LogP contribution in [0.4, 0.5) is 0 Å². The summed E-state index contributed by atoms with van der Waals surface area (Å²) < 4.78 is 0. The molecule has 0 saturated carbocycles. The predicted molar refractivity (Wildman–Crippen MR) is 71.8 cm³/mol. The number of hydrogen-bond acceptors (Lipinski definition) is 2. The highest BCUT2D eigenvalue weighted by atomic mass is 35.5. The Morgan fingerprint density at radius 1 is 1.50 bits per heavy atom. The number of rotatable bonds is 4. The topological polar surface area (TPSA) is 40.5 Å². The van der Waals surface area contributed by atoms with E-state index in [-0.39, 0.29) is 18.6 Å². The maximum absolute atomic E-state index is 12.4. The largest absolute Gasteiger partial charge is 0.396 e. The molecule has 1 saturated heterocycles. The van der Waals surface area contributed by atoms with Gasteiger partial charge in [0.25, 0.3) is 5.91 Å². The smallest absolute Gasteiger partial charge is 0.254 e. The Kier molecular flexibility index (Phi) is 4.61. The number of carbonyl (C=O) groups is 1. The normalized spacial score (nSPS) is 19.2. The molecule has 0 radical (unpaired) electrons. The Labute approximate surface area is 112 Å². The van der Waals surface area contributed by atoms with Gasteiger partial charge in [0.05, 0.1) is 0 Å². The average Bonchev–Trinajstić information content (AvgIpc) is 2.83. The minimum absolute atomic E-state index is 0.0536. The second-order valence-electron chi connectivity index (χ2n) is 4.67. The van der Waals surface area contributed by atoms with Crippen LogP contribution in [0.15, 0.2) is 24.3 Å². The van der Waals surface area contributed by atoms with Crippen molar-refractivity contribution in [3.8, 4) is 0 Å². The van der Waals surface area contributed by atoms with Crippen LogP contribution in [0.2, 0.25) is 5.02 Å². The Hall–Kier alpha value is -1.06. The molecule has 1 aliphatic heterocycles. The lowest BCUT2D eigenvalue weighted by atomic mass is 10.1. The molecule has 3 nitrogen and oxygen atoms in total. The van der Waals surface area contributed by atoms with Gasteiger partial charge in [0.1, 0.15) is 0 Å². The maximum Gasteiger partial charge on any atom is 0.254 e. The SMILES string of the molecule is O=C(c1cccc(Cl)c1)N1CCCC1CCCO. The highest BCUT2D eigenvalue weighted by Gasteiger charge is 2.28. The minimum Gasteiger partial charge on any atom is -0.396 e. The van der Waals surface area contributed by atoms with Crippen LogP contribution in [0.3, 0.4) is 0 Å². The molecule has 1 amide bonds. The molecule has 1 atom stereocenters. The number of likely N-dealkylation sites (tertiary alicyclic amines) is 1. The van der Waals surface area contributed by atoms with Crippen LogP contribution in [0.25, 0.3) is 0 Å². The molecular formula is C14H18ClNO2. The van der Waals surface area contributed by atoms with Crippen LogP contribution in [0, 0.1) is 0 Å². The van der Waals surface area contributed by atoms with Crippen molar-refractivity contribution in [2.75, 3.05) is 13.2 Å². The zero-order valence-electron chi connectivity index (χ0n) is 10.3. The highest BCUT2D eigenvalue weighted by Crippen LogP contribution is 2.24. The number of aliphatic hydroxyl groups excluding tert-OH is 1. The molecule has 0 aromatic heterocycles. The zero-order valence-corrected chi connectivity index (χ0v) is 11.1. The summed E-state index contributed by atoms with van der Waals surface area (Å²) in [7, 11) is 0. The molecule has 1 aromatic rings. The van der Waals surface area contributed by atoms with Crippen molar-refractivity contribution in [2.45, 2.75) is 31.7 Å². The summed E-state index contributed by atoms with van der Waals surface area (Å²) in [6, 6.07) is 7.35. The van der Waals surface area contributed by atoms with E-state index in [0.717, 1.165) is 32.2 Å². The molecule has 1 unspecified atom stereocenters. The molecule has 18 heavy (non-hydrogen) atoms. The van der Waals surface area contributed by atoms with Crippen LogP contribution in [-0.4, -0.2) is 35.1 Å². The van der Waals surface area contributed by atoms with E-state index in [1.54, 1.807) is 24.3 Å². The maximum atomic E-state index is 12.4. The van der Waals surface area contributed by atoms with Gasteiger partial charge in [-0.1, -0.05) is 17.7 Å². The van der Waals surface area contributed by atoms with E-state index in [1.165, 1.54) is 0 Å². The Balaban J connectivity index is 2.08. The van der Waals surface area contributed by atoms with Gasteiger partial charge in [0, 0.05) is 29.8 Å². The van der Waals surface area contributed by atoms with Gasteiger partial charge in [-0.2, -0.15) is 0 Å². The average molecular weight is 268 g/mol. The first-order valence-corrected chi connectivity index (χ1v) is 6.77. The van der Waals surface area contributed by atoms with E-state index in [1.807, 2.05) is 4.90 Å². The quantitative estimate of drug-likeness (QED) is 0.911. The van der Waals surface area contributed by atoms with E-state index in [0.29, 0.717) is 10.6 Å². The van der Waals surface area contributed by atoms with Gasteiger partial charge in [0.2, 0.25) is 0 Å². The number of hydrogen-bond donors (Lipinski definition) is 1. The van der Waals surface area contributed by atoms with Gasteiger partial charge in [-0.3, -0.25) is 4.79 Å². The molecule has 1 aliphatic rings. The molecular weight excluding hydrogens is 250 g/mol.